The number of imidazole rings is 1. The third-order valence-electron chi connectivity index (χ3n) is 3.07. The Hall–Kier alpha value is -1.34. The number of aromatic nitrogens is 4. The van der Waals surface area contributed by atoms with Gasteiger partial charge in [-0.05, 0) is 13.3 Å². The van der Waals surface area contributed by atoms with Crippen molar-refractivity contribution in [1.82, 2.24) is 19.7 Å². The summed E-state index contributed by atoms with van der Waals surface area (Å²) in [5.41, 5.74) is 0.786. The Kier molecular flexibility index (Phi) is 5.19. The quantitative estimate of drug-likeness (QED) is 0.791. The fourth-order valence-electron chi connectivity index (χ4n) is 1.76. The lowest BCUT2D eigenvalue weighted by Gasteiger charge is -2.07. The number of aliphatic hydroxyl groups excluding tert-OH is 1. The van der Waals surface area contributed by atoms with Crippen LogP contribution >= 0.6 is 11.8 Å². The number of aryl methyl sites for hydroxylation is 1. The van der Waals surface area contributed by atoms with E-state index >= 15 is 0 Å². The summed E-state index contributed by atoms with van der Waals surface area (Å²) >= 11 is 1.54. The van der Waals surface area contributed by atoms with Gasteiger partial charge in [-0.3, -0.25) is 0 Å². The molecule has 2 heterocycles. The van der Waals surface area contributed by atoms with Gasteiger partial charge in [0.15, 0.2) is 11.0 Å². The molecule has 0 bridgehead atoms. The normalized spacial score (nSPS) is 12.8. The zero-order valence-electron chi connectivity index (χ0n) is 12.0. The van der Waals surface area contributed by atoms with Gasteiger partial charge in [0.1, 0.15) is 0 Å². The highest BCUT2D eigenvalue weighted by Crippen LogP contribution is 2.33. The van der Waals surface area contributed by atoms with Crippen molar-refractivity contribution in [2.45, 2.75) is 50.1 Å². The average molecular weight is 296 g/mol. The molecule has 1 unspecified atom stereocenters. The molecule has 110 valence electrons. The maximum atomic E-state index is 9.16. The molecule has 0 fully saturated rings. The van der Waals surface area contributed by atoms with Gasteiger partial charge in [-0.15, -0.1) is 0 Å². The van der Waals surface area contributed by atoms with Gasteiger partial charge in [-0.2, -0.15) is 4.98 Å². The molecular formula is C13H20N4O2S. The minimum atomic E-state index is -0.0137. The largest absolute Gasteiger partial charge is 0.390 e. The molecule has 20 heavy (non-hydrogen) atoms. The van der Waals surface area contributed by atoms with Crippen LogP contribution in [-0.2, 0) is 20.1 Å². The van der Waals surface area contributed by atoms with E-state index in [0.29, 0.717) is 5.89 Å². The van der Waals surface area contributed by atoms with Crippen molar-refractivity contribution in [3.63, 3.8) is 0 Å². The lowest BCUT2D eigenvalue weighted by atomic mass is 10.2. The maximum absolute atomic E-state index is 9.16. The molecule has 6 nitrogen and oxygen atoms in total. The molecule has 0 saturated heterocycles. The second kappa shape index (κ2) is 6.90. The van der Waals surface area contributed by atoms with Crippen LogP contribution in [0.4, 0.5) is 0 Å². The SMILES string of the molecule is CCCCc1noc(C(C)Sc2ncc(CO)n2C)n1. The lowest BCUT2D eigenvalue weighted by Crippen LogP contribution is -1.99. The highest BCUT2D eigenvalue weighted by Gasteiger charge is 2.18. The molecule has 0 saturated carbocycles. The van der Waals surface area contributed by atoms with E-state index in [9.17, 15) is 0 Å². The van der Waals surface area contributed by atoms with E-state index in [1.54, 1.807) is 18.0 Å². The maximum Gasteiger partial charge on any atom is 0.239 e. The van der Waals surface area contributed by atoms with E-state index in [4.69, 9.17) is 9.63 Å². The predicted molar refractivity (Wildman–Crippen MR) is 76.3 cm³/mol. The number of hydrogen-bond acceptors (Lipinski definition) is 6. The smallest absolute Gasteiger partial charge is 0.239 e. The first-order valence-electron chi connectivity index (χ1n) is 6.76. The van der Waals surface area contributed by atoms with Crippen molar-refractivity contribution in [2.75, 3.05) is 0 Å². The summed E-state index contributed by atoms with van der Waals surface area (Å²) in [6, 6.07) is 0. The summed E-state index contributed by atoms with van der Waals surface area (Å²) in [6.45, 7) is 4.13. The van der Waals surface area contributed by atoms with Crippen molar-refractivity contribution in [1.29, 1.82) is 0 Å². The Morgan fingerprint density at radius 1 is 1.50 bits per heavy atom. The van der Waals surface area contributed by atoms with E-state index in [-0.39, 0.29) is 11.9 Å². The van der Waals surface area contributed by atoms with Crippen LogP contribution in [0, 0.1) is 0 Å². The number of nitrogens with zero attached hydrogens (tertiary/aromatic N) is 4. The first-order valence-corrected chi connectivity index (χ1v) is 7.64. The van der Waals surface area contributed by atoms with Crippen molar-refractivity contribution in [2.24, 2.45) is 7.05 Å². The van der Waals surface area contributed by atoms with Crippen LogP contribution in [0.1, 0.15) is 49.3 Å². The van der Waals surface area contributed by atoms with Crippen molar-refractivity contribution in [3.8, 4) is 0 Å². The molecule has 1 atom stereocenters. The lowest BCUT2D eigenvalue weighted by molar-refractivity contribution is 0.271. The molecule has 0 amide bonds. The first-order chi connectivity index (χ1) is 9.65. The molecule has 0 aliphatic carbocycles. The topological polar surface area (TPSA) is 77.0 Å². The van der Waals surface area contributed by atoms with Crippen LogP contribution in [0.15, 0.2) is 15.9 Å². The molecular weight excluding hydrogens is 276 g/mol. The minimum Gasteiger partial charge on any atom is -0.390 e. The second-order valence-corrected chi connectivity index (χ2v) is 5.97. The van der Waals surface area contributed by atoms with E-state index in [2.05, 4.69) is 22.0 Å². The Morgan fingerprint density at radius 2 is 2.30 bits per heavy atom. The molecule has 7 heteroatoms. The Balaban J connectivity index is 2.02. The van der Waals surface area contributed by atoms with Gasteiger partial charge in [0.2, 0.25) is 5.89 Å². The van der Waals surface area contributed by atoms with Crippen LogP contribution in [0.2, 0.25) is 0 Å². The summed E-state index contributed by atoms with van der Waals surface area (Å²) in [6.07, 6.45) is 4.72. The number of unbranched alkanes of at least 4 members (excludes halogenated alkanes) is 1. The molecule has 0 aromatic carbocycles. The van der Waals surface area contributed by atoms with E-state index < -0.39 is 0 Å². The molecule has 2 rings (SSSR count). The third kappa shape index (κ3) is 3.40. The fraction of sp³-hybridized carbons (Fsp3) is 0.615. The Labute approximate surface area is 122 Å². The predicted octanol–water partition coefficient (Wildman–Crippen LogP) is 2.49. The fourth-order valence-corrected chi connectivity index (χ4v) is 2.66. The van der Waals surface area contributed by atoms with Crippen LogP contribution in [-0.4, -0.2) is 24.8 Å². The Bertz CT molecular complexity index is 552. The van der Waals surface area contributed by atoms with Gasteiger partial charge in [-0.25, -0.2) is 4.98 Å². The molecule has 0 aliphatic rings. The van der Waals surface area contributed by atoms with Gasteiger partial charge >= 0.3 is 0 Å². The number of hydrogen-bond donors (Lipinski definition) is 1. The third-order valence-corrected chi connectivity index (χ3v) is 4.22. The second-order valence-electron chi connectivity index (χ2n) is 4.66. The van der Waals surface area contributed by atoms with Gasteiger partial charge in [0, 0.05) is 13.5 Å². The molecule has 1 N–H and O–H groups in total. The minimum absolute atomic E-state index is 0.0137. The number of rotatable bonds is 7. The molecule has 0 radical (unpaired) electrons. The van der Waals surface area contributed by atoms with Crippen LogP contribution in [0.25, 0.3) is 0 Å². The first kappa shape index (κ1) is 15.1. The molecule has 0 aliphatic heterocycles. The average Bonchev–Trinajstić information content (AvgIpc) is 3.04. The monoisotopic (exact) mass is 296 g/mol. The van der Waals surface area contributed by atoms with E-state index in [0.717, 1.165) is 35.9 Å². The van der Waals surface area contributed by atoms with E-state index in [1.165, 1.54) is 0 Å². The van der Waals surface area contributed by atoms with E-state index in [1.807, 2.05) is 18.5 Å². The van der Waals surface area contributed by atoms with Gasteiger partial charge in [-0.1, -0.05) is 30.3 Å². The number of aliphatic hydroxyl groups is 1. The zero-order valence-corrected chi connectivity index (χ0v) is 12.9. The van der Waals surface area contributed by atoms with Crippen molar-refractivity contribution in [3.05, 3.63) is 23.6 Å². The molecule has 0 spiro atoms. The molecule has 2 aromatic rings. The highest BCUT2D eigenvalue weighted by atomic mass is 32.2. The summed E-state index contributed by atoms with van der Waals surface area (Å²) in [5.74, 6) is 1.39. The van der Waals surface area contributed by atoms with Gasteiger partial charge in [0.05, 0.1) is 23.7 Å². The van der Waals surface area contributed by atoms with Gasteiger partial charge in [0.25, 0.3) is 0 Å². The molecule has 2 aromatic heterocycles. The van der Waals surface area contributed by atoms with Crippen LogP contribution < -0.4 is 0 Å². The summed E-state index contributed by atoms with van der Waals surface area (Å²) in [7, 11) is 1.88. The highest BCUT2D eigenvalue weighted by molar-refractivity contribution is 7.99. The summed E-state index contributed by atoms with van der Waals surface area (Å²) in [5, 5.41) is 14.0. The number of thioether (sulfide) groups is 1. The van der Waals surface area contributed by atoms with Crippen LogP contribution in [0.5, 0.6) is 0 Å². The summed E-state index contributed by atoms with van der Waals surface area (Å²) < 4.78 is 7.17. The zero-order chi connectivity index (χ0) is 14.5. The Morgan fingerprint density at radius 3 is 2.95 bits per heavy atom. The standard InChI is InChI=1S/C13H20N4O2S/c1-4-5-6-11-15-12(19-16-11)9(2)20-13-14-7-10(8-18)17(13)3/h7,9,18H,4-6,8H2,1-3H3. The summed E-state index contributed by atoms with van der Waals surface area (Å²) in [4.78, 5) is 8.70. The van der Waals surface area contributed by atoms with Crippen molar-refractivity contribution < 1.29 is 9.63 Å². The van der Waals surface area contributed by atoms with Crippen molar-refractivity contribution >= 4 is 11.8 Å². The van der Waals surface area contributed by atoms with Gasteiger partial charge < -0.3 is 14.2 Å². The van der Waals surface area contributed by atoms with Crippen LogP contribution in [0.3, 0.4) is 0 Å².